The number of unbranched alkanes of at least 4 members (excludes halogenated alkanes) is 7. The van der Waals surface area contributed by atoms with Crippen LogP contribution in [0.15, 0.2) is 167 Å². The number of halogens is 2. The number of rotatable bonds is 37. The minimum absolute atomic E-state index is 0.113. The van der Waals surface area contributed by atoms with Crippen LogP contribution in [0.1, 0.15) is 266 Å². The van der Waals surface area contributed by atoms with Crippen molar-refractivity contribution in [2.45, 2.75) is 191 Å². The molecule has 0 amide bonds. The minimum Gasteiger partial charge on any atom is -0.478 e. The first-order valence-electron chi connectivity index (χ1n) is 53.5. The summed E-state index contributed by atoms with van der Waals surface area (Å²) >= 11 is 7.02. The summed E-state index contributed by atoms with van der Waals surface area (Å²) in [6, 6.07) is 41.8. The van der Waals surface area contributed by atoms with Gasteiger partial charge in [-0.3, -0.25) is 48.7 Å². The summed E-state index contributed by atoms with van der Waals surface area (Å²) in [7, 11) is 15.1. The number of allylic oxidation sites excluding steroid dienone is 3. The number of likely N-dealkylation sites (N-methyl/N-ethyl adjacent to an activating group) is 7. The van der Waals surface area contributed by atoms with Gasteiger partial charge in [-0.15, -0.1) is 6.58 Å². The van der Waals surface area contributed by atoms with E-state index in [-0.39, 0.29) is 17.3 Å². The van der Waals surface area contributed by atoms with Gasteiger partial charge in [0.25, 0.3) is 0 Å². The highest BCUT2D eigenvalue weighted by atomic mass is 79.9. The van der Waals surface area contributed by atoms with Crippen molar-refractivity contribution in [3.8, 4) is 0 Å². The van der Waals surface area contributed by atoms with Gasteiger partial charge in [0.2, 0.25) is 0 Å². The van der Waals surface area contributed by atoms with E-state index in [1.165, 1.54) is 88.6 Å². The maximum Gasteiger partial charge on any atom is 0.335 e. The van der Waals surface area contributed by atoms with Crippen LogP contribution in [-0.4, -0.2) is 363 Å². The minimum atomic E-state index is -0.887. The van der Waals surface area contributed by atoms with Crippen LogP contribution >= 0.6 is 31.9 Å². The molecular formula is C119H176Br2N14O11. The van der Waals surface area contributed by atoms with Gasteiger partial charge >= 0.3 is 23.9 Å². The zero-order valence-corrected chi connectivity index (χ0v) is 94.3. The van der Waals surface area contributed by atoms with Gasteiger partial charge in [0.05, 0.1) is 22.3 Å². The molecular weight excluding hydrogens is 1960 g/mol. The number of carboxylic acids is 4. The maximum absolute atomic E-state index is 11.6. The fourth-order valence-corrected chi connectivity index (χ4v) is 18.8. The number of piperazine rings is 7. The van der Waals surface area contributed by atoms with E-state index in [1.54, 1.807) is 63.2 Å². The summed E-state index contributed by atoms with van der Waals surface area (Å²) in [4.78, 5) is 112. The quantitative estimate of drug-likeness (QED) is 0.0161. The number of carbonyl (C=O) groups excluding carboxylic acids is 3. The van der Waals surface area contributed by atoms with Crippen molar-refractivity contribution in [1.82, 2.24) is 68.6 Å². The van der Waals surface area contributed by atoms with Crippen molar-refractivity contribution in [2.24, 2.45) is 0 Å². The van der Waals surface area contributed by atoms with Crippen molar-refractivity contribution in [3.63, 3.8) is 0 Å². The molecule has 7 heterocycles. The molecule has 0 bridgehead atoms. The number of aromatic carboxylic acids is 4. The summed E-state index contributed by atoms with van der Waals surface area (Å²) in [5, 5.41) is 36.1. The van der Waals surface area contributed by atoms with Crippen LogP contribution in [0.2, 0.25) is 0 Å². The first-order valence-corrected chi connectivity index (χ1v) is 55.1. The normalized spacial score (nSPS) is 17.0. The van der Waals surface area contributed by atoms with Gasteiger partial charge < -0.3 is 54.7 Å². The van der Waals surface area contributed by atoms with Gasteiger partial charge in [-0.1, -0.05) is 209 Å². The molecule has 0 aliphatic carbocycles. The first kappa shape index (κ1) is 124. The number of aryl methyl sites for hydroxylation is 2. The topological polar surface area (TPSA) is 246 Å². The molecule has 802 valence electrons. The molecule has 7 aliphatic rings. The summed E-state index contributed by atoms with van der Waals surface area (Å²) in [6.07, 6.45) is 26.6. The van der Waals surface area contributed by atoms with Gasteiger partial charge in [-0.2, -0.15) is 0 Å². The van der Waals surface area contributed by atoms with Crippen molar-refractivity contribution >= 4 is 85.2 Å². The lowest BCUT2D eigenvalue weighted by molar-refractivity contribution is 0.0686. The second kappa shape index (κ2) is 68.7. The zero-order chi connectivity index (χ0) is 106. The Kier molecular flexibility index (Phi) is 58.3. The third kappa shape index (κ3) is 47.1. The molecule has 27 heteroatoms. The molecule has 0 atom stereocenters. The van der Waals surface area contributed by atoms with E-state index in [1.807, 2.05) is 72.8 Å². The molecule has 7 aromatic rings. The SMILES string of the molecule is C=CCCC.CC(=O)c1ccc(CN2CCN(C)CC2)c(Br)c1.CCC/C=C/c1cc(C(=O)O)ccc1CN1CCN(C)CC1.CCC/C=C/c1cc(C(C)=O)ccc1CN1CCN(C)CC1.CCCCCc1cc(C(=O)O)ccc1CN1CCN(C)CC1.CCCCCc1cc(C(C)=O)ccc1CN1CCN(C)CC1.CN1CCN(Cc2ccc(C(=O)O)cc2)CC1.CN1CCN(Cc2ccc(C(=O)O)cc2Br)CC1. The molecule has 7 aliphatic heterocycles. The number of carboxylic acid groups (broad SMARTS) is 4. The smallest absolute Gasteiger partial charge is 0.335 e. The van der Waals surface area contributed by atoms with E-state index in [0.717, 1.165) is 317 Å². The second-order valence-corrected chi connectivity index (χ2v) is 42.1. The van der Waals surface area contributed by atoms with Crippen LogP contribution in [0, 0.1) is 0 Å². The van der Waals surface area contributed by atoms with Crippen LogP contribution < -0.4 is 0 Å². The van der Waals surface area contributed by atoms with Gasteiger partial charge in [0.15, 0.2) is 17.3 Å². The predicted molar refractivity (Wildman–Crippen MR) is 607 cm³/mol. The average Bonchev–Trinajstić information content (AvgIpc) is 0.827. The molecule has 146 heavy (non-hydrogen) atoms. The van der Waals surface area contributed by atoms with E-state index in [4.69, 9.17) is 10.2 Å². The molecule has 0 spiro atoms. The fourth-order valence-electron chi connectivity index (χ4n) is 17.8. The van der Waals surface area contributed by atoms with Crippen LogP contribution in [0.4, 0.5) is 0 Å². The Labute approximate surface area is 892 Å². The van der Waals surface area contributed by atoms with E-state index in [2.05, 4.69) is 240 Å². The molecule has 0 unspecified atom stereocenters. The molecule has 0 aromatic heterocycles. The van der Waals surface area contributed by atoms with E-state index >= 15 is 0 Å². The lowest BCUT2D eigenvalue weighted by atomic mass is 9.97. The Bertz CT molecular complexity index is 4880. The summed E-state index contributed by atoms with van der Waals surface area (Å²) in [5.74, 6) is -3.03. The Morgan fingerprint density at radius 3 is 0.781 bits per heavy atom. The highest BCUT2D eigenvalue weighted by molar-refractivity contribution is 9.10. The van der Waals surface area contributed by atoms with Crippen molar-refractivity contribution < 1.29 is 54.0 Å². The third-order valence-electron chi connectivity index (χ3n) is 28.0. The van der Waals surface area contributed by atoms with Gasteiger partial charge in [-0.25, -0.2) is 19.2 Å². The Balaban J connectivity index is 0.000000229. The zero-order valence-electron chi connectivity index (χ0n) is 91.1. The number of ketones is 3. The number of carbonyl (C=O) groups is 7. The van der Waals surface area contributed by atoms with Crippen LogP contribution in [0.25, 0.3) is 12.2 Å². The fraction of sp³-hybridized carbons (Fsp3) is 0.538. The average molecular weight is 2140 g/mol. The first-order chi connectivity index (χ1) is 70.1. The van der Waals surface area contributed by atoms with Crippen LogP contribution in [0.5, 0.6) is 0 Å². The lowest BCUT2D eigenvalue weighted by Crippen LogP contribution is -2.44. The van der Waals surface area contributed by atoms with E-state index in [0.29, 0.717) is 22.3 Å². The molecule has 7 saturated heterocycles. The summed E-state index contributed by atoms with van der Waals surface area (Å²) in [6.45, 7) is 56.8. The largest absolute Gasteiger partial charge is 0.478 e. The van der Waals surface area contributed by atoms with Gasteiger partial charge in [0, 0.05) is 255 Å². The van der Waals surface area contributed by atoms with Crippen molar-refractivity contribution in [1.29, 1.82) is 0 Å². The van der Waals surface area contributed by atoms with E-state index < -0.39 is 23.9 Å². The summed E-state index contributed by atoms with van der Waals surface area (Å²) < 4.78 is 1.91. The van der Waals surface area contributed by atoms with Crippen molar-refractivity contribution in [2.75, 3.05) is 233 Å². The monoisotopic (exact) mass is 2140 g/mol. The molecule has 7 aromatic carbocycles. The predicted octanol–water partition coefficient (Wildman–Crippen LogP) is 20.0. The number of Topliss-reactive ketones (excluding diaryl/α,β-unsaturated/α-hetero) is 3. The number of hydrogen-bond donors (Lipinski definition) is 4. The molecule has 0 saturated carbocycles. The lowest BCUT2D eigenvalue weighted by Gasteiger charge is -2.32. The van der Waals surface area contributed by atoms with Crippen molar-refractivity contribution in [3.05, 3.63) is 267 Å². The number of benzene rings is 7. The molecule has 14 rings (SSSR count). The van der Waals surface area contributed by atoms with E-state index in [9.17, 15) is 43.8 Å². The summed E-state index contributed by atoms with van der Waals surface area (Å²) in [5.41, 5.74) is 17.5. The van der Waals surface area contributed by atoms with Crippen LogP contribution in [-0.2, 0) is 58.7 Å². The molecule has 7 fully saturated rings. The Hall–Kier alpha value is -8.95. The standard InChI is InChI=1S/C19H30N2O.C19H28N2O.C18H28N2O2.C18H26N2O2.C14H19BrN2O.C13H17BrN2O2.C13H18N2O2.C5H10/c2*1-4-5-6-7-18-14-17(16(2)22)8-9-19(18)15-21-12-10-20(3)11-13-21;2*1-3-4-5-6-15-13-16(18(21)22)7-8-17(15)14-20-11-9-19(2)10-12-20;1-11(18)12-3-4-13(14(15)9-12)10-17-7-5-16(2)6-8-17;1-15-4-6-16(7-5-15)9-11-3-2-10(13(17)18)8-12(11)14;1-14-6-8-15(9-7-14)10-11-2-4-12(5-3-11)13(16)17;1-3-5-4-2/h8-9,14H,4-7,10-13,15H2,1-3H3;6-9,14H,4-5,10-13,15H2,1-3H3;7-8,13H,3-6,9-12,14H2,1-2H3,(H,21,22);5-8,13H,3-4,9-12,14H2,1-2H3,(H,21,22);3-4,9H,5-8,10H2,1-2H3;2-3,8H,4-7,9H2,1H3,(H,17,18);2-5H,6-10H2,1H3,(H,16,17);3H,1,4-5H2,2H3/b;7-6+;;6-5+;;;;. The maximum atomic E-state index is 11.6. The second-order valence-electron chi connectivity index (χ2n) is 40.4. The third-order valence-corrected chi connectivity index (χ3v) is 29.5. The van der Waals surface area contributed by atoms with Crippen LogP contribution in [0.3, 0.4) is 0 Å². The highest BCUT2D eigenvalue weighted by Crippen LogP contribution is 2.28. The van der Waals surface area contributed by atoms with Gasteiger partial charge in [-0.05, 0) is 243 Å². The molecule has 4 N–H and O–H groups in total. The molecule has 25 nitrogen and oxygen atoms in total. The Morgan fingerprint density at radius 1 is 0.267 bits per heavy atom. The Morgan fingerprint density at radius 2 is 0.500 bits per heavy atom. The van der Waals surface area contributed by atoms with Gasteiger partial charge in [0.1, 0.15) is 0 Å². The molecule has 0 radical (unpaired) electrons. The number of nitrogens with zero attached hydrogens (tertiary/aromatic N) is 14. The number of hydrogen-bond acceptors (Lipinski definition) is 21. The highest BCUT2D eigenvalue weighted by Gasteiger charge is 2.25.